The maximum atomic E-state index is 12.4. The second-order valence-corrected chi connectivity index (χ2v) is 10.3. The van der Waals surface area contributed by atoms with Crippen molar-refractivity contribution < 1.29 is 9.53 Å². The van der Waals surface area contributed by atoms with E-state index in [0.717, 1.165) is 17.9 Å². The lowest BCUT2D eigenvalue weighted by Crippen LogP contribution is -2.59. The Balaban J connectivity index is 1.34. The van der Waals surface area contributed by atoms with Gasteiger partial charge in [-0.2, -0.15) is 0 Å². The molecule has 150 valence electrons. The lowest BCUT2D eigenvalue weighted by atomic mass is 9.39. The van der Waals surface area contributed by atoms with Crippen LogP contribution in [0.4, 0.5) is 0 Å². The van der Waals surface area contributed by atoms with Gasteiger partial charge in [-0.15, -0.1) is 0 Å². The number of carbonyl (C=O) groups excluding carboxylic acids is 1. The molecule has 0 radical (unpaired) electrons. The summed E-state index contributed by atoms with van der Waals surface area (Å²) in [6.45, 7) is 3.03. The molecule has 4 atom stereocenters. The van der Waals surface area contributed by atoms with E-state index in [1.807, 2.05) is 36.4 Å². The van der Waals surface area contributed by atoms with E-state index in [1.54, 1.807) is 6.08 Å². The third-order valence-electron chi connectivity index (χ3n) is 7.58. The normalized spacial score (nSPS) is 35.1. The highest BCUT2D eigenvalue weighted by Gasteiger charge is 2.62. The van der Waals surface area contributed by atoms with Crippen molar-refractivity contribution in [2.24, 2.45) is 16.7 Å². The summed E-state index contributed by atoms with van der Waals surface area (Å²) in [6.07, 6.45) is 10.9. The molecule has 2 aromatic rings. The standard InChI is InChI=1S/C27H30O2/c1-25-14-22-15-26(17-25,19-27(16-22,18-25)23-10-6-3-7-11-23)20-29-24(28)13-12-21-8-4-2-5-9-21/h2-13,22H,14-20H2,1H3/b13-12+/t22-,25+,26-,27-/m1/s1. The molecule has 4 saturated carbocycles. The van der Waals surface area contributed by atoms with Crippen LogP contribution in [0.1, 0.15) is 56.6 Å². The molecular weight excluding hydrogens is 356 g/mol. The molecule has 4 aliphatic rings. The zero-order chi connectivity index (χ0) is 20.0. The summed E-state index contributed by atoms with van der Waals surface area (Å²) >= 11 is 0. The molecule has 0 aliphatic heterocycles. The van der Waals surface area contributed by atoms with E-state index in [2.05, 4.69) is 37.3 Å². The summed E-state index contributed by atoms with van der Waals surface area (Å²) in [4.78, 5) is 12.4. The van der Waals surface area contributed by atoms with Crippen LogP contribution in [-0.2, 0) is 14.9 Å². The van der Waals surface area contributed by atoms with Crippen LogP contribution in [-0.4, -0.2) is 12.6 Å². The number of hydrogen-bond donors (Lipinski definition) is 0. The van der Waals surface area contributed by atoms with Crippen molar-refractivity contribution in [3.63, 3.8) is 0 Å². The Morgan fingerprint density at radius 1 is 0.966 bits per heavy atom. The lowest BCUT2D eigenvalue weighted by Gasteiger charge is -2.66. The van der Waals surface area contributed by atoms with Crippen molar-refractivity contribution in [3.8, 4) is 0 Å². The Hall–Kier alpha value is -2.35. The fourth-order valence-electron chi connectivity index (χ4n) is 7.41. The molecule has 0 amide bonds. The Morgan fingerprint density at radius 2 is 1.69 bits per heavy atom. The SMILES string of the molecule is C[C@]12C[C@@H]3C[C@@](COC(=O)/C=C/c4ccccc4)(C1)C[C@@](c1ccccc1)(C3)C2. The average molecular weight is 387 g/mol. The molecule has 0 heterocycles. The molecule has 4 fully saturated rings. The Bertz CT molecular complexity index is 918. The number of rotatable bonds is 5. The first-order valence-electron chi connectivity index (χ1n) is 10.9. The van der Waals surface area contributed by atoms with Gasteiger partial charge >= 0.3 is 5.97 Å². The van der Waals surface area contributed by atoms with Gasteiger partial charge in [0.1, 0.15) is 0 Å². The number of benzene rings is 2. The number of esters is 1. The second-order valence-electron chi connectivity index (χ2n) is 10.3. The fourth-order valence-corrected chi connectivity index (χ4v) is 7.41. The van der Waals surface area contributed by atoms with Crippen molar-refractivity contribution in [1.29, 1.82) is 0 Å². The molecule has 0 N–H and O–H groups in total. The van der Waals surface area contributed by atoms with Crippen LogP contribution in [0.3, 0.4) is 0 Å². The summed E-state index contributed by atoms with van der Waals surface area (Å²) in [7, 11) is 0. The molecule has 0 spiro atoms. The van der Waals surface area contributed by atoms with E-state index in [-0.39, 0.29) is 16.8 Å². The van der Waals surface area contributed by atoms with Gasteiger partial charge in [-0.1, -0.05) is 67.6 Å². The summed E-state index contributed by atoms with van der Waals surface area (Å²) in [5.41, 5.74) is 3.30. The average Bonchev–Trinajstić information content (AvgIpc) is 2.70. The van der Waals surface area contributed by atoms with E-state index in [0.29, 0.717) is 12.0 Å². The first kappa shape index (κ1) is 18.7. The van der Waals surface area contributed by atoms with Crippen LogP contribution in [0.15, 0.2) is 66.7 Å². The van der Waals surface area contributed by atoms with Gasteiger partial charge in [-0.05, 0) is 72.5 Å². The molecular formula is C27H30O2. The summed E-state index contributed by atoms with van der Waals surface area (Å²) < 4.78 is 5.85. The van der Waals surface area contributed by atoms with Gasteiger partial charge in [0.05, 0.1) is 6.61 Å². The number of hydrogen-bond acceptors (Lipinski definition) is 2. The zero-order valence-corrected chi connectivity index (χ0v) is 17.3. The molecule has 29 heavy (non-hydrogen) atoms. The van der Waals surface area contributed by atoms with E-state index >= 15 is 0 Å². The third kappa shape index (κ3) is 3.54. The molecule has 0 unspecified atom stereocenters. The van der Waals surface area contributed by atoms with E-state index in [9.17, 15) is 4.79 Å². The van der Waals surface area contributed by atoms with Gasteiger partial charge in [0.2, 0.25) is 0 Å². The topological polar surface area (TPSA) is 26.3 Å². The summed E-state index contributed by atoms with van der Waals surface area (Å²) in [5.74, 6) is 0.540. The Morgan fingerprint density at radius 3 is 2.41 bits per heavy atom. The minimum Gasteiger partial charge on any atom is -0.462 e. The second kappa shape index (κ2) is 6.86. The minimum atomic E-state index is -0.219. The smallest absolute Gasteiger partial charge is 0.330 e. The van der Waals surface area contributed by atoms with Crippen LogP contribution in [0.2, 0.25) is 0 Å². The molecule has 0 aromatic heterocycles. The first-order valence-corrected chi connectivity index (χ1v) is 10.9. The van der Waals surface area contributed by atoms with Gasteiger partial charge in [-0.25, -0.2) is 4.79 Å². The van der Waals surface area contributed by atoms with E-state index in [1.165, 1.54) is 37.7 Å². The Kier molecular flexibility index (Phi) is 4.42. The van der Waals surface area contributed by atoms with E-state index in [4.69, 9.17) is 4.74 Å². The van der Waals surface area contributed by atoms with Gasteiger partial charge < -0.3 is 4.74 Å². The maximum Gasteiger partial charge on any atom is 0.330 e. The number of ether oxygens (including phenoxy) is 1. The monoisotopic (exact) mass is 386 g/mol. The molecule has 4 bridgehead atoms. The largest absolute Gasteiger partial charge is 0.462 e. The van der Waals surface area contributed by atoms with Crippen LogP contribution in [0, 0.1) is 16.7 Å². The highest BCUT2D eigenvalue weighted by molar-refractivity contribution is 5.87. The van der Waals surface area contributed by atoms with E-state index < -0.39 is 0 Å². The first-order chi connectivity index (χ1) is 14.0. The quantitative estimate of drug-likeness (QED) is 0.454. The highest BCUT2D eigenvalue weighted by atomic mass is 16.5. The van der Waals surface area contributed by atoms with Crippen molar-refractivity contribution in [2.45, 2.75) is 50.9 Å². The maximum absolute atomic E-state index is 12.4. The predicted octanol–water partition coefficient (Wildman–Crippen LogP) is 6.17. The summed E-state index contributed by atoms with van der Waals surface area (Å²) in [5, 5.41) is 0. The predicted molar refractivity (Wildman–Crippen MR) is 116 cm³/mol. The van der Waals surface area contributed by atoms with Crippen molar-refractivity contribution in [3.05, 3.63) is 77.9 Å². The lowest BCUT2D eigenvalue weighted by molar-refractivity contribution is -0.163. The summed E-state index contributed by atoms with van der Waals surface area (Å²) in [6, 6.07) is 21.0. The minimum absolute atomic E-state index is 0.139. The molecule has 2 nitrogen and oxygen atoms in total. The molecule has 2 heteroatoms. The third-order valence-corrected chi connectivity index (χ3v) is 7.58. The fraction of sp³-hybridized carbons (Fsp3) is 0.444. The molecule has 6 rings (SSSR count). The molecule has 2 aromatic carbocycles. The van der Waals surface area contributed by atoms with Gasteiger partial charge in [0, 0.05) is 11.5 Å². The molecule has 0 saturated heterocycles. The highest BCUT2D eigenvalue weighted by Crippen LogP contribution is 2.70. The van der Waals surface area contributed by atoms with Gasteiger partial charge in [0.15, 0.2) is 0 Å². The van der Waals surface area contributed by atoms with Crippen molar-refractivity contribution in [2.75, 3.05) is 6.61 Å². The van der Waals surface area contributed by atoms with Crippen LogP contribution in [0.5, 0.6) is 0 Å². The zero-order valence-electron chi connectivity index (χ0n) is 17.3. The van der Waals surface area contributed by atoms with Crippen LogP contribution >= 0.6 is 0 Å². The van der Waals surface area contributed by atoms with Gasteiger partial charge in [0.25, 0.3) is 0 Å². The van der Waals surface area contributed by atoms with Crippen molar-refractivity contribution in [1.82, 2.24) is 0 Å². The van der Waals surface area contributed by atoms with Crippen LogP contribution < -0.4 is 0 Å². The molecule has 4 aliphatic carbocycles. The van der Waals surface area contributed by atoms with Crippen molar-refractivity contribution >= 4 is 12.0 Å². The van der Waals surface area contributed by atoms with Gasteiger partial charge in [-0.3, -0.25) is 0 Å². The van der Waals surface area contributed by atoms with Crippen LogP contribution in [0.25, 0.3) is 6.08 Å². The number of carbonyl (C=O) groups is 1. The Labute approximate surface area is 174 Å².